The van der Waals surface area contributed by atoms with E-state index in [4.69, 9.17) is 37.9 Å². The van der Waals surface area contributed by atoms with Crippen LogP contribution in [0.3, 0.4) is 0 Å². The zero-order chi connectivity index (χ0) is 36.8. The summed E-state index contributed by atoms with van der Waals surface area (Å²) >= 11 is 0. The number of methoxy groups -OCH3 is 3. The molecule has 0 aromatic heterocycles. The molecule has 2 saturated carbocycles. The molecule has 3 N–H and O–H groups in total. The van der Waals surface area contributed by atoms with Crippen LogP contribution in [0.15, 0.2) is 60.7 Å². The fraction of sp³-hybridized carbons (Fsp3) is 0.556. The summed E-state index contributed by atoms with van der Waals surface area (Å²) in [5.41, 5.74) is 1.79. The van der Waals surface area contributed by atoms with Gasteiger partial charge >= 0.3 is 24.1 Å². The number of nitrogens with one attached hydrogen (secondary N) is 2. The molecule has 51 heavy (non-hydrogen) atoms. The average molecular weight is 719 g/mol. The highest BCUT2D eigenvalue weighted by molar-refractivity contribution is 5.74. The van der Waals surface area contributed by atoms with Gasteiger partial charge in [-0.25, -0.2) is 9.59 Å². The van der Waals surface area contributed by atoms with Gasteiger partial charge in [-0.3, -0.25) is 9.59 Å². The van der Waals surface area contributed by atoms with Gasteiger partial charge < -0.3 is 53.6 Å². The molecule has 15 nitrogen and oxygen atoms in total. The molecule has 2 aliphatic carbocycles. The van der Waals surface area contributed by atoms with E-state index in [1.165, 1.54) is 21.3 Å². The molecule has 2 aromatic carbocycles. The number of esters is 2. The zero-order valence-corrected chi connectivity index (χ0v) is 29.4. The molecule has 4 rings (SSSR count). The van der Waals surface area contributed by atoms with Gasteiger partial charge in [-0.05, 0) is 49.7 Å². The second kappa shape index (κ2) is 23.2. The van der Waals surface area contributed by atoms with Crippen LogP contribution in [0.2, 0.25) is 0 Å². The minimum absolute atomic E-state index is 0.101. The molecule has 15 heteroatoms. The van der Waals surface area contributed by atoms with E-state index in [1.807, 2.05) is 60.7 Å². The number of hydrogen-bond donors (Lipinski definition) is 3. The number of carbonyl (C=O) groups excluding carboxylic acids is 4. The largest absolute Gasteiger partial charge is 0.445 e. The van der Waals surface area contributed by atoms with E-state index < -0.39 is 36.1 Å². The van der Waals surface area contributed by atoms with Crippen LogP contribution in [0.1, 0.15) is 49.7 Å². The number of hydrogen-bond acceptors (Lipinski definition) is 13. The van der Waals surface area contributed by atoms with E-state index >= 15 is 0 Å². The Morgan fingerprint density at radius 1 is 0.588 bits per heavy atom. The predicted octanol–water partition coefficient (Wildman–Crippen LogP) is 3.81. The highest BCUT2D eigenvalue weighted by atomic mass is 16.7. The third kappa shape index (κ3) is 16.1. The molecule has 0 aliphatic heterocycles. The summed E-state index contributed by atoms with van der Waals surface area (Å²) in [4.78, 5) is 48.1. The van der Waals surface area contributed by atoms with Gasteiger partial charge in [0, 0.05) is 33.4 Å². The molecular weight excluding hydrogens is 668 g/mol. The van der Waals surface area contributed by atoms with Crippen molar-refractivity contribution < 1.29 is 62.2 Å². The first-order chi connectivity index (χ1) is 24.7. The molecule has 0 spiro atoms. The lowest BCUT2D eigenvalue weighted by Gasteiger charge is -2.33. The van der Waals surface area contributed by atoms with Crippen LogP contribution in [0.25, 0.3) is 0 Å². The Morgan fingerprint density at radius 3 is 1.51 bits per heavy atom. The van der Waals surface area contributed by atoms with Gasteiger partial charge in [0.25, 0.3) is 0 Å². The Bertz CT molecular complexity index is 1320. The average Bonchev–Trinajstić information content (AvgIpc) is 3.14. The highest BCUT2D eigenvalue weighted by Gasteiger charge is 2.36. The van der Waals surface area contributed by atoms with Gasteiger partial charge in [-0.2, -0.15) is 0 Å². The number of amides is 2. The van der Waals surface area contributed by atoms with E-state index in [0.717, 1.165) is 11.1 Å². The number of alkyl carbamates (subject to hydrolysis) is 2. The summed E-state index contributed by atoms with van der Waals surface area (Å²) in [6.45, 7) is 0.248. The maximum Gasteiger partial charge on any atom is 0.407 e. The lowest BCUT2D eigenvalue weighted by molar-refractivity contribution is -0.164. The molecule has 2 fully saturated rings. The van der Waals surface area contributed by atoms with E-state index in [0.29, 0.717) is 38.5 Å². The molecule has 2 aromatic rings. The van der Waals surface area contributed by atoms with Crippen LogP contribution in [-0.4, -0.2) is 95.2 Å². The molecule has 282 valence electrons. The minimum Gasteiger partial charge on any atom is -0.445 e. The smallest absolute Gasteiger partial charge is 0.407 e. The van der Waals surface area contributed by atoms with Crippen LogP contribution in [0.4, 0.5) is 9.59 Å². The summed E-state index contributed by atoms with van der Waals surface area (Å²) < 4.78 is 40.4. The van der Waals surface area contributed by atoms with Crippen LogP contribution in [0, 0.1) is 11.8 Å². The van der Waals surface area contributed by atoms with Gasteiger partial charge in [0.1, 0.15) is 20.0 Å². The van der Waals surface area contributed by atoms with E-state index in [-0.39, 0.29) is 57.7 Å². The first-order valence-corrected chi connectivity index (χ1v) is 16.7. The van der Waals surface area contributed by atoms with E-state index in [1.54, 1.807) is 0 Å². The summed E-state index contributed by atoms with van der Waals surface area (Å²) in [5.74, 6) is -1.66. The highest BCUT2D eigenvalue weighted by Crippen LogP contribution is 2.29. The predicted molar refractivity (Wildman–Crippen MR) is 180 cm³/mol. The van der Waals surface area contributed by atoms with Crippen LogP contribution in [0.5, 0.6) is 0 Å². The lowest BCUT2D eigenvalue weighted by atomic mass is 9.84. The standard InChI is InChI=1S/C19H27NO7.C17H23NO6/c1-23-12-26-17-9-15(18(21)27-13-24-2)8-16(10-17)20-19(22)25-11-14-6-4-3-5-7-14;1-22-11-24-16(20)13-7-14(9-15(19)8-13)18-17(21)23-10-12-5-3-2-4-6-12/h3-7,15-17H,8-13H2,1-2H3,(H,20,22);2-6,13-15,19H,7-11H2,1H3,(H,18,21)/t15-,16+,17-;13-,14+,15-/m00/s1. The summed E-state index contributed by atoms with van der Waals surface area (Å²) in [6, 6.07) is 18.2. The van der Waals surface area contributed by atoms with Crippen molar-refractivity contribution in [3.8, 4) is 0 Å². The molecule has 2 aliphatic rings. The van der Waals surface area contributed by atoms with Gasteiger partial charge in [0.05, 0.1) is 24.0 Å². The second-order valence-corrected chi connectivity index (χ2v) is 12.2. The van der Waals surface area contributed by atoms with Crippen LogP contribution >= 0.6 is 0 Å². The molecule has 0 heterocycles. The zero-order valence-electron chi connectivity index (χ0n) is 29.4. The number of ether oxygens (including phenoxy) is 8. The van der Waals surface area contributed by atoms with E-state index in [2.05, 4.69) is 10.6 Å². The van der Waals surface area contributed by atoms with Gasteiger partial charge in [0.15, 0.2) is 13.6 Å². The normalized spacial score (nSPS) is 22.7. The van der Waals surface area contributed by atoms with Crippen molar-refractivity contribution in [3.63, 3.8) is 0 Å². The van der Waals surface area contributed by atoms with Crippen LogP contribution in [-0.2, 0) is 60.7 Å². The van der Waals surface area contributed by atoms with Crippen molar-refractivity contribution in [2.75, 3.05) is 41.7 Å². The molecular formula is C36H50N2O13. The number of aliphatic hydroxyl groups excluding tert-OH is 1. The maximum absolute atomic E-state index is 12.2. The Labute approximate surface area is 298 Å². The summed E-state index contributed by atoms with van der Waals surface area (Å²) in [6.07, 6.45) is 0.643. The molecule has 0 saturated heterocycles. The van der Waals surface area contributed by atoms with E-state index in [9.17, 15) is 24.3 Å². The Balaban J connectivity index is 0.000000277. The molecule has 6 atom stereocenters. The Morgan fingerprint density at radius 2 is 1.04 bits per heavy atom. The van der Waals surface area contributed by atoms with Gasteiger partial charge in [-0.1, -0.05) is 60.7 Å². The van der Waals surface area contributed by atoms with Crippen LogP contribution < -0.4 is 10.6 Å². The topological polar surface area (TPSA) is 186 Å². The first-order valence-electron chi connectivity index (χ1n) is 16.7. The molecule has 2 amide bonds. The van der Waals surface area contributed by atoms with Crippen molar-refractivity contribution in [2.24, 2.45) is 11.8 Å². The number of aliphatic hydroxyl groups is 1. The monoisotopic (exact) mass is 718 g/mol. The third-order valence-electron chi connectivity index (χ3n) is 8.14. The summed E-state index contributed by atoms with van der Waals surface area (Å²) in [5, 5.41) is 15.4. The van der Waals surface area contributed by atoms with Gasteiger partial charge in [-0.15, -0.1) is 0 Å². The first kappa shape index (κ1) is 41.1. The molecule has 0 radical (unpaired) electrons. The van der Waals surface area contributed by atoms with Crippen molar-refractivity contribution >= 4 is 24.1 Å². The quantitative estimate of drug-likeness (QED) is 0.137. The fourth-order valence-corrected chi connectivity index (χ4v) is 5.81. The molecule has 0 bridgehead atoms. The SMILES string of the molecule is COCOC(=O)[C@@H]1C[C@H](O)C[C@H](NC(=O)OCc2ccccc2)C1.COCOC(=O)[C@H]1C[C@@H](NC(=O)OCc2ccccc2)C[C@@H](OCOC)C1. The fourth-order valence-electron chi connectivity index (χ4n) is 5.81. The second-order valence-electron chi connectivity index (χ2n) is 12.2. The van der Waals surface area contributed by atoms with Gasteiger partial charge in [0.2, 0.25) is 0 Å². The third-order valence-corrected chi connectivity index (χ3v) is 8.14. The van der Waals surface area contributed by atoms with Crippen molar-refractivity contribution in [1.29, 1.82) is 0 Å². The van der Waals surface area contributed by atoms with Crippen molar-refractivity contribution in [1.82, 2.24) is 10.6 Å². The number of carbonyl (C=O) groups is 4. The summed E-state index contributed by atoms with van der Waals surface area (Å²) in [7, 11) is 4.41. The lowest BCUT2D eigenvalue weighted by Crippen LogP contribution is -2.45. The van der Waals surface area contributed by atoms with Crippen molar-refractivity contribution in [2.45, 2.75) is 76.0 Å². The van der Waals surface area contributed by atoms with Crippen molar-refractivity contribution in [3.05, 3.63) is 71.8 Å². The maximum atomic E-state index is 12.2. The number of rotatable bonds is 15. The Hall–Kier alpha value is -4.28. The number of benzene rings is 2. The Kier molecular flexibility index (Phi) is 18.8. The minimum atomic E-state index is -0.668. The molecule has 0 unspecified atom stereocenters.